The van der Waals surface area contributed by atoms with Crippen molar-refractivity contribution in [1.29, 1.82) is 0 Å². The highest BCUT2D eigenvalue weighted by atomic mass is 16.5. The van der Waals surface area contributed by atoms with E-state index in [2.05, 4.69) is 24.1 Å². The first-order valence-corrected chi connectivity index (χ1v) is 5.62. The van der Waals surface area contributed by atoms with Crippen molar-refractivity contribution in [2.45, 2.75) is 33.2 Å². The Hall–Kier alpha value is -0.610. The van der Waals surface area contributed by atoms with E-state index in [0.717, 1.165) is 13.1 Å². The van der Waals surface area contributed by atoms with Gasteiger partial charge in [0.25, 0.3) is 0 Å². The van der Waals surface area contributed by atoms with Gasteiger partial charge in [-0.2, -0.15) is 0 Å². The van der Waals surface area contributed by atoms with Gasteiger partial charge >= 0.3 is 5.97 Å². The van der Waals surface area contributed by atoms with E-state index in [-0.39, 0.29) is 5.97 Å². The largest absolute Gasteiger partial charge is 0.465 e. The summed E-state index contributed by atoms with van der Waals surface area (Å²) in [5.41, 5.74) is -0.609. The van der Waals surface area contributed by atoms with Gasteiger partial charge in [-0.3, -0.25) is 4.79 Å². The lowest BCUT2D eigenvalue weighted by molar-refractivity contribution is -0.151. The van der Waals surface area contributed by atoms with E-state index in [1.165, 1.54) is 0 Å². The van der Waals surface area contributed by atoms with Crippen molar-refractivity contribution in [3.8, 4) is 0 Å². The first-order valence-electron chi connectivity index (χ1n) is 5.62. The molecular weight excluding hydrogens is 192 g/mol. The Morgan fingerprint density at radius 2 is 1.87 bits per heavy atom. The Morgan fingerprint density at radius 3 is 2.20 bits per heavy atom. The van der Waals surface area contributed by atoms with E-state index in [1.54, 1.807) is 7.05 Å². The number of rotatable bonds is 7. The molecule has 90 valence electrons. The van der Waals surface area contributed by atoms with Crippen LogP contribution in [0.3, 0.4) is 0 Å². The van der Waals surface area contributed by atoms with E-state index in [9.17, 15) is 4.79 Å². The summed E-state index contributed by atoms with van der Waals surface area (Å²) in [7, 11) is 1.79. The zero-order chi connectivity index (χ0) is 11.9. The fourth-order valence-corrected chi connectivity index (χ4v) is 1.43. The maximum atomic E-state index is 11.8. The first-order chi connectivity index (χ1) is 7.03. The fourth-order valence-electron chi connectivity index (χ4n) is 1.43. The van der Waals surface area contributed by atoms with Gasteiger partial charge in [0.2, 0.25) is 0 Å². The number of esters is 1. The highest BCUT2D eigenvalue weighted by Crippen LogP contribution is 2.09. The third kappa shape index (κ3) is 4.18. The Labute approximate surface area is 93.0 Å². The standard InChI is InChI=1S/C11H24N2O2/c1-6-13(7-2)9-11(4,12-5)10(14)15-8-3/h12H,6-9H2,1-5H3. The number of likely N-dealkylation sites (N-methyl/N-ethyl adjacent to an activating group) is 2. The molecule has 1 N–H and O–H groups in total. The van der Waals surface area contributed by atoms with Gasteiger partial charge in [-0.05, 0) is 34.0 Å². The smallest absolute Gasteiger partial charge is 0.327 e. The predicted molar refractivity (Wildman–Crippen MR) is 61.9 cm³/mol. The van der Waals surface area contributed by atoms with Gasteiger partial charge in [0.1, 0.15) is 5.54 Å². The second-order valence-corrected chi connectivity index (χ2v) is 3.76. The van der Waals surface area contributed by atoms with Crippen LogP contribution in [0.25, 0.3) is 0 Å². The Morgan fingerprint density at radius 1 is 1.33 bits per heavy atom. The molecule has 0 fully saturated rings. The molecule has 1 atom stereocenters. The van der Waals surface area contributed by atoms with Crippen LogP contribution in [-0.4, -0.2) is 49.7 Å². The molecule has 0 radical (unpaired) electrons. The minimum Gasteiger partial charge on any atom is -0.465 e. The van der Waals surface area contributed by atoms with Crippen LogP contribution in [0.1, 0.15) is 27.7 Å². The van der Waals surface area contributed by atoms with Gasteiger partial charge in [0.15, 0.2) is 0 Å². The molecule has 0 aliphatic heterocycles. The van der Waals surface area contributed by atoms with Crippen LogP contribution in [-0.2, 0) is 9.53 Å². The lowest BCUT2D eigenvalue weighted by Gasteiger charge is -2.32. The summed E-state index contributed by atoms with van der Waals surface area (Å²) in [5, 5.41) is 3.05. The number of nitrogens with one attached hydrogen (secondary N) is 1. The average Bonchev–Trinajstić information content (AvgIpc) is 2.25. The van der Waals surface area contributed by atoms with Gasteiger partial charge in [-0.25, -0.2) is 0 Å². The second kappa shape index (κ2) is 6.80. The van der Waals surface area contributed by atoms with Gasteiger partial charge in [-0.15, -0.1) is 0 Å². The molecule has 0 bridgehead atoms. The van der Waals surface area contributed by atoms with Crippen molar-refractivity contribution in [2.75, 3.05) is 33.3 Å². The van der Waals surface area contributed by atoms with Crippen LogP contribution in [0.4, 0.5) is 0 Å². The topological polar surface area (TPSA) is 41.6 Å². The maximum absolute atomic E-state index is 11.8. The molecule has 0 spiro atoms. The molecule has 0 amide bonds. The molecule has 0 saturated heterocycles. The molecule has 0 aliphatic carbocycles. The molecule has 4 heteroatoms. The lowest BCUT2D eigenvalue weighted by atomic mass is 10.0. The summed E-state index contributed by atoms with van der Waals surface area (Å²) >= 11 is 0. The lowest BCUT2D eigenvalue weighted by Crippen LogP contribution is -2.56. The van der Waals surface area contributed by atoms with Crippen LogP contribution < -0.4 is 5.32 Å². The number of hydrogen-bond donors (Lipinski definition) is 1. The van der Waals surface area contributed by atoms with Gasteiger partial charge in [-0.1, -0.05) is 13.8 Å². The molecular formula is C11H24N2O2. The molecule has 0 aromatic rings. The number of carbonyl (C=O) groups excluding carboxylic acids is 1. The Kier molecular flexibility index (Phi) is 6.52. The van der Waals surface area contributed by atoms with Crippen LogP contribution in [0.15, 0.2) is 0 Å². The van der Waals surface area contributed by atoms with Crippen LogP contribution in [0.2, 0.25) is 0 Å². The summed E-state index contributed by atoms with van der Waals surface area (Å²) in [4.78, 5) is 14.0. The van der Waals surface area contributed by atoms with Crippen LogP contribution in [0.5, 0.6) is 0 Å². The molecule has 0 rings (SSSR count). The fraction of sp³-hybridized carbons (Fsp3) is 0.909. The molecule has 4 nitrogen and oxygen atoms in total. The van der Waals surface area contributed by atoms with Crippen molar-refractivity contribution >= 4 is 5.97 Å². The minimum absolute atomic E-state index is 0.181. The summed E-state index contributed by atoms with van der Waals surface area (Å²) in [6, 6.07) is 0. The third-order valence-electron chi connectivity index (χ3n) is 2.71. The van der Waals surface area contributed by atoms with Gasteiger partial charge in [0, 0.05) is 6.54 Å². The SMILES string of the molecule is CCOC(=O)C(C)(CN(CC)CC)NC. The molecule has 0 aromatic heterocycles. The molecule has 1 unspecified atom stereocenters. The first kappa shape index (κ1) is 14.4. The number of ether oxygens (including phenoxy) is 1. The zero-order valence-corrected chi connectivity index (χ0v) is 10.6. The Balaban J connectivity index is 4.47. The quantitative estimate of drug-likeness (QED) is 0.641. The van der Waals surface area contributed by atoms with Crippen molar-refractivity contribution < 1.29 is 9.53 Å². The monoisotopic (exact) mass is 216 g/mol. The maximum Gasteiger partial charge on any atom is 0.327 e. The van der Waals surface area contributed by atoms with Gasteiger partial charge < -0.3 is 15.0 Å². The summed E-state index contributed by atoms with van der Waals surface area (Å²) < 4.78 is 5.06. The molecule has 0 aliphatic rings. The van der Waals surface area contributed by atoms with E-state index in [4.69, 9.17) is 4.74 Å². The summed E-state index contributed by atoms with van der Waals surface area (Å²) in [6.07, 6.45) is 0. The average molecular weight is 216 g/mol. The third-order valence-corrected chi connectivity index (χ3v) is 2.71. The molecule has 0 aromatic carbocycles. The van der Waals surface area contributed by atoms with Crippen molar-refractivity contribution in [3.05, 3.63) is 0 Å². The van der Waals surface area contributed by atoms with Crippen LogP contribution >= 0.6 is 0 Å². The summed E-state index contributed by atoms with van der Waals surface area (Å²) in [6.45, 7) is 10.9. The molecule has 0 heterocycles. The predicted octanol–water partition coefficient (Wildman–Crippen LogP) is 0.869. The number of hydrogen-bond acceptors (Lipinski definition) is 4. The van der Waals surface area contributed by atoms with E-state index >= 15 is 0 Å². The Bertz CT molecular complexity index is 193. The molecule has 15 heavy (non-hydrogen) atoms. The van der Waals surface area contributed by atoms with Gasteiger partial charge in [0.05, 0.1) is 6.61 Å². The van der Waals surface area contributed by atoms with Crippen molar-refractivity contribution in [2.24, 2.45) is 0 Å². The van der Waals surface area contributed by atoms with E-state index in [0.29, 0.717) is 13.2 Å². The van der Waals surface area contributed by atoms with E-state index < -0.39 is 5.54 Å². The normalized spacial score (nSPS) is 15.1. The van der Waals surface area contributed by atoms with Crippen LogP contribution in [0, 0.1) is 0 Å². The highest BCUT2D eigenvalue weighted by molar-refractivity contribution is 5.80. The second-order valence-electron chi connectivity index (χ2n) is 3.76. The number of nitrogens with zero attached hydrogens (tertiary/aromatic N) is 1. The van der Waals surface area contributed by atoms with Crippen molar-refractivity contribution in [3.63, 3.8) is 0 Å². The summed E-state index contributed by atoms with van der Waals surface area (Å²) in [5.74, 6) is -0.181. The zero-order valence-electron chi connectivity index (χ0n) is 10.6. The molecule has 0 saturated carbocycles. The highest BCUT2D eigenvalue weighted by Gasteiger charge is 2.34. The minimum atomic E-state index is -0.609. The van der Waals surface area contributed by atoms with Crippen molar-refractivity contribution in [1.82, 2.24) is 10.2 Å². The number of carbonyl (C=O) groups is 1. The van der Waals surface area contributed by atoms with E-state index in [1.807, 2.05) is 13.8 Å².